The first-order valence-corrected chi connectivity index (χ1v) is 5.16. The molecule has 1 aliphatic rings. The molecular weight excluding hydrogens is 148 g/mol. The highest BCUT2D eigenvalue weighted by Gasteiger charge is 2.14. The van der Waals surface area contributed by atoms with Gasteiger partial charge in [-0.15, -0.1) is 0 Å². The van der Waals surface area contributed by atoms with E-state index in [1.165, 1.54) is 32.5 Å². The van der Waals surface area contributed by atoms with Gasteiger partial charge >= 0.3 is 0 Å². The first-order valence-electron chi connectivity index (χ1n) is 5.16. The maximum Gasteiger partial charge on any atom is 0.00134 e. The number of hydrogen-bond acceptors (Lipinski definition) is 2. The minimum atomic E-state index is 0.364. The van der Waals surface area contributed by atoms with Crippen LogP contribution in [-0.2, 0) is 0 Å². The highest BCUT2D eigenvalue weighted by Crippen LogP contribution is 2.12. The van der Waals surface area contributed by atoms with Crippen LogP contribution >= 0.6 is 0 Å². The van der Waals surface area contributed by atoms with E-state index in [1.807, 2.05) is 0 Å². The molecule has 0 aromatic heterocycles. The average molecular weight is 170 g/mol. The predicted octanol–water partition coefficient (Wildman–Crippen LogP) is 1.46. The van der Waals surface area contributed by atoms with Gasteiger partial charge in [0, 0.05) is 12.6 Å². The Morgan fingerprint density at radius 2 is 1.83 bits per heavy atom. The third kappa shape index (κ3) is 3.55. The zero-order valence-corrected chi connectivity index (χ0v) is 8.42. The molecule has 2 unspecified atom stereocenters. The fourth-order valence-corrected chi connectivity index (χ4v) is 2.12. The van der Waals surface area contributed by atoms with Crippen LogP contribution in [0.1, 0.15) is 33.1 Å². The number of likely N-dealkylation sites (tertiary alicyclic amines) is 1. The van der Waals surface area contributed by atoms with Crippen LogP contribution in [0.5, 0.6) is 0 Å². The van der Waals surface area contributed by atoms with Crippen molar-refractivity contribution in [2.45, 2.75) is 39.2 Å². The van der Waals surface area contributed by atoms with Gasteiger partial charge in [0.1, 0.15) is 0 Å². The van der Waals surface area contributed by atoms with Crippen LogP contribution in [0.15, 0.2) is 0 Å². The first kappa shape index (κ1) is 10.0. The van der Waals surface area contributed by atoms with Gasteiger partial charge in [-0.25, -0.2) is 0 Å². The summed E-state index contributed by atoms with van der Waals surface area (Å²) in [4.78, 5) is 2.56. The molecule has 0 amide bonds. The Bertz CT molecular complexity index is 117. The molecule has 1 saturated heterocycles. The third-order valence-electron chi connectivity index (χ3n) is 2.54. The van der Waals surface area contributed by atoms with Gasteiger partial charge in [-0.2, -0.15) is 0 Å². The highest BCUT2D eigenvalue weighted by molar-refractivity contribution is 4.70. The second kappa shape index (κ2) is 4.83. The maximum absolute atomic E-state index is 5.75. The van der Waals surface area contributed by atoms with Crippen LogP contribution in [0.3, 0.4) is 0 Å². The fraction of sp³-hybridized carbons (Fsp3) is 1.00. The van der Waals surface area contributed by atoms with Crippen molar-refractivity contribution in [2.24, 2.45) is 11.7 Å². The van der Waals surface area contributed by atoms with Gasteiger partial charge in [0.2, 0.25) is 0 Å². The van der Waals surface area contributed by atoms with E-state index in [0.29, 0.717) is 6.04 Å². The minimum Gasteiger partial charge on any atom is -0.328 e. The summed E-state index contributed by atoms with van der Waals surface area (Å²) in [6.45, 7) is 8.27. The van der Waals surface area contributed by atoms with Crippen LogP contribution < -0.4 is 5.73 Å². The molecule has 0 aromatic carbocycles. The summed E-state index contributed by atoms with van der Waals surface area (Å²) in [5, 5.41) is 0. The minimum absolute atomic E-state index is 0.364. The topological polar surface area (TPSA) is 29.3 Å². The van der Waals surface area contributed by atoms with Gasteiger partial charge in [-0.3, -0.25) is 0 Å². The van der Waals surface area contributed by atoms with Crippen LogP contribution in [-0.4, -0.2) is 30.6 Å². The molecule has 0 radical (unpaired) electrons. The summed E-state index contributed by atoms with van der Waals surface area (Å²) in [7, 11) is 0. The molecular formula is C10H22N2. The van der Waals surface area contributed by atoms with Gasteiger partial charge in [-0.05, 0) is 45.2 Å². The lowest BCUT2D eigenvalue weighted by Crippen LogP contribution is -2.28. The van der Waals surface area contributed by atoms with Crippen molar-refractivity contribution in [3.63, 3.8) is 0 Å². The molecule has 12 heavy (non-hydrogen) atoms. The Hall–Kier alpha value is -0.0800. The lowest BCUT2D eigenvalue weighted by atomic mass is 10.0. The Morgan fingerprint density at radius 1 is 1.25 bits per heavy atom. The highest BCUT2D eigenvalue weighted by atomic mass is 15.1. The van der Waals surface area contributed by atoms with E-state index in [-0.39, 0.29) is 0 Å². The predicted molar refractivity (Wildman–Crippen MR) is 53.1 cm³/mol. The van der Waals surface area contributed by atoms with E-state index in [4.69, 9.17) is 5.73 Å². The van der Waals surface area contributed by atoms with Gasteiger partial charge in [0.05, 0.1) is 0 Å². The Morgan fingerprint density at radius 3 is 2.33 bits per heavy atom. The summed E-state index contributed by atoms with van der Waals surface area (Å²) < 4.78 is 0. The fourth-order valence-electron chi connectivity index (χ4n) is 2.12. The van der Waals surface area contributed by atoms with E-state index < -0.39 is 0 Å². The molecule has 0 saturated carbocycles. The first-order chi connectivity index (χ1) is 5.68. The number of nitrogens with zero attached hydrogens (tertiary/aromatic N) is 1. The van der Waals surface area contributed by atoms with Crippen LogP contribution in [0, 0.1) is 5.92 Å². The van der Waals surface area contributed by atoms with Crippen molar-refractivity contribution in [3.8, 4) is 0 Å². The summed E-state index contributed by atoms with van der Waals surface area (Å²) in [5.41, 5.74) is 5.75. The molecule has 72 valence electrons. The van der Waals surface area contributed by atoms with Gasteiger partial charge in [0.25, 0.3) is 0 Å². The smallest absolute Gasteiger partial charge is 0.00134 e. The summed E-state index contributed by atoms with van der Waals surface area (Å²) in [6, 6.07) is 0.364. The standard InChI is InChI=1S/C10H22N2/c1-9(7-10(2)11)8-12-5-3-4-6-12/h9-10H,3-8,11H2,1-2H3. The van der Waals surface area contributed by atoms with Crippen LogP contribution in [0.4, 0.5) is 0 Å². The molecule has 0 bridgehead atoms. The van der Waals surface area contributed by atoms with Gasteiger partial charge in [-0.1, -0.05) is 6.92 Å². The molecule has 1 aliphatic heterocycles. The molecule has 2 N–H and O–H groups in total. The van der Waals surface area contributed by atoms with Crippen molar-refractivity contribution in [1.29, 1.82) is 0 Å². The van der Waals surface area contributed by atoms with E-state index in [9.17, 15) is 0 Å². The summed E-state index contributed by atoms with van der Waals surface area (Å²) >= 11 is 0. The zero-order valence-electron chi connectivity index (χ0n) is 8.42. The molecule has 2 heteroatoms. The van der Waals surface area contributed by atoms with Gasteiger partial charge < -0.3 is 10.6 Å². The molecule has 2 atom stereocenters. The molecule has 2 nitrogen and oxygen atoms in total. The lowest BCUT2D eigenvalue weighted by Gasteiger charge is -2.21. The van der Waals surface area contributed by atoms with Crippen molar-refractivity contribution in [2.75, 3.05) is 19.6 Å². The van der Waals surface area contributed by atoms with Crippen molar-refractivity contribution < 1.29 is 0 Å². The summed E-state index contributed by atoms with van der Waals surface area (Å²) in [5.74, 6) is 0.767. The van der Waals surface area contributed by atoms with E-state index >= 15 is 0 Å². The number of rotatable bonds is 4. The van der Waals surface area contributed by atoms with Crippen LogP contribution in [0.2, 0.25) is 0 Å². The van der Waals surface area contributed by atoms with E-state index in [1.54, 1.807) is 0 Å². The Labute approximate surface area is 76.1 Å². The van der Waals surface area contributed by atoms with Crippen molar-refractivity contribution in [1.82, 2.24) is 4.90 Å². The third-order valence-corrected chi connectivity index (χ3v) is 2.54. The molecule has 0 spiro atoms. The SMILES string of the molecule is CC(N)CC(C)CN1CCCC1. The Balaban J connectivity index is 2.11. The molecule has 1 rings (SSSR count). The molecule has 1 fully saturated rings. The number of nitrogens with two attached hydrogens (primary N) is 1. The zero-order chi connectivity index (χ0) is 8.97. The molecule has 0 aromatic rings. The monoisotopic (exact) mass is 170 g/mol. The second-order valence-corrected chi connectivity index (χ2v) is 4.33. The quantitative estimate of drug-likeness (QED) is 0.692. The van der Waals surface area contributed by atoms with E-state index in [2.05, 4.69) is 18.7 Å². The maximum atomic E-state index is 5.75. The van der Waals surface area contributed by atoms with Crippen molar-refractivity contribution >= 4 is 0 Å². The van der Waals surface area contributed by atoms with E-state index in [0.717, 1.165) is 12.3 Å². The lowest BCUT2D eigenvalue weighted by molar-refractivity contribution is 0.274. The molecule has 1 heterocycles. The number of hydrogen-bond donors (Lipinski definition) is 1. The average Bonchev–Trinajstić information content (AvgIpc) is 2.37. The Kier molecular flexibility index (Phi) is 4.02. The van der Waals surface area contributed by atoms with Gasteiger partial charge in [0.15, 0.2) is 0 Å². The van der Waals surface area contributed by atoms with Crippen LogP contribution in [0.25, 0.3) is 0 Å². The summed E-state index contributed by atoms with van der Waals surface area (Å²) in [6.07, 6.45) is 3.95. The normalized spacial score (nSPS) is 24.2. The second-order valence-electron chi connectivity index (χ2n) is 4.33. The largest absolute Gasteiger partial charge is 0.328 e. The van der Waals surface area contributed by atoms with Crippen molar-refractivity contribution in [3.05, 3.63) is 0 Å². The molecule has 0 aliphatic carbocycles.